The lowest BCUT2D eigenvalue weighted by Gasteiger charge is -2.03. The Hall–Kier alpha value is -2.27. The van der Waals surface area contributed by atoms with Crippen LogP contribution in [0.25, 0.3) is 0 Å². The Bertz CT molecular complexity index is 612. The van der Waals surface area contributed by atoms with E-state index < -0.39 is 5.91 Å². The quantitative estimate of drug-likeness (QED) is 0.249. The number of aliphatic imine (C=N–C) groups is 1. The van der Waals surface area contributed by atoms with Crippen LogP contribution in [0.15, 0.2) is 17.3 Å². The average Bonchev–Trinajstić information content (AvgIpc) is 2.77. The summed E-state index contributed by atoms with van der Waals surface area (Å²) in [5, 5.41) is 12.3. The van der Waals surface area contributed by atoms with Crippen molar-refractivity contribution in [2.45, 2.75) is 6.42 Å². The van der Waals surface area contributed by atoms with Gasteiger partial charge in [0.05, 0.1) is 11.4 Å². The molecule has 0 bridgehead atoms. The van der Waals surface area contributed by atoms with Gasteiger partial charge in [0.2, 0.25) is 5.91 Å². The van der Waals surface area contributed by atoms with Gasteiger partial charge in [0.1, 0.15) is 12.4 Å². The maximum absolute atomic E-state index is 11.9. The molecule has 1 rings (SSSR count). The van der Waals surface area contributed by atoms with E-state index >= 15 is 0 Å². The minimum Gasteiger partial charge on any atom is -0.388 e. The SMILES string of the molecule is Br.Cl.Cn1cc(C(=O)NCCC(=N)N)cc1NC(=O)CN=C(N)N. The molecule has 0 aliphatic carbocycles. The lowest BCUT2D eigenvalue weighted by Crippen LogP contribution is -2.27. The van der Waals surface area contributed by atoms with Crippen molar-refractivity contribution in [3.05, 3.63) is 17.8 Å². The number of nitrogens with one attached hydrogen (secondary N) is 3. The zero-order chi connectivity index (χ0) is 16.7. The smallest absolute Gasteiger partial charge is 0.252 e. The first-order valence-electron chi connectivity index (χ1n) is 6.42. The molecule has 0 spiro atoms. The summed E-state index contributed by atoms with van der Waals surface area (Å²) in [7, 11) is 1.68. The van der Waals surface area contributed by atoms with E-state index in [1.165, 1.54) is 6.07 Å². The van der Waals surface area contributed by atoms with E-state index in [9.17, 15) is 9.59 Å². The number of halogens is 2. The van der Waals surface area contributed by atoms with Gasteiger partial charge in [-0.2, -0.15) is 0 Å². The zero-order valence-corrected chi connectivity index (χ0v) is 15.6. The number of carbonyl (C=O) groups excluding carboxylic acids is 2. The first kappa shape index (κ1) is 24.0. The number of nitrogens with zero attached hydrogens (tertiary/aromatic N) is 2. The van der Waals surface area contributed by atoms with Gasteiger partial charge in [-0.1, -0.05) is 0 Å². The van der Waals surface area contributed by atoms with E-state index in [4.69, 9.17) is 22.6 Å². The number of nitrogens with two attached hydrogens (primary N) is 3. The molecule has 136 valence electrons. The number of amidine groups is 1. The Morgan fingerprint density at radius 3 is 2.50 bits per heavy atom. The molecule has 0 fully saturated rings. The highest BCUT2D eigenvalue weighted by Crippen LogP contribution is 2.12. The number of rotatable bonds is 7. The highest BCUT2D eigenvalue weighted by atomic mass is 79.9. The summed E-state index contributed by atoms with van der Waals surface area (Å²) in [5.41, 5.74) is 15.9. The van der Waals surface area contributed by atoms with Gasteiger partial charge in [0.25, 0.3) is 5.91 Å². The van der Waals surface area contributed by atoms with Gasteiger partial charge in [-0.25, -0.2) is 4.99 Å². The normalized spacial score (nSPS) is 9.04. The second kappa shape index (κ2) is 11.3. The summed E-state index contributed by atoms with van der Waals surface area (Å²) in [6.45, 7) is 0.0723. The topological polar surface area (TPSA) is 177 Å². The third-order valence-electron chi connectivity index (χ3n) is 2.62. The number of aryl methyl sites for hydroxylation is 1. The second-order valence-corrected chi connectivity index (χ2v) is 4.55. The average molecular weight is 426 g/mol. The van der Waals surface area contributed by atoms with E-state index in [2.05, 4.69) is 15.6 Å². The van der Waals surface area contributed by atoms with Crippen LogP contribution in [0, 0.1) is 5.41 Å². The fourth-order valence-corrected chi connectivity index (χ4v) is 1.57. The van der Waals surface area contributed by atoms with Crippen LogP contribution in [0.2, 0.25) is 0 Å². The summed E-state index contributed by atoms with van der Waals surface area (Å²) >= 11 is 0. The number of aromatic nitrogens is 1. The molecule has 1 heterocycles. The molecule has 0 atom stereocenters. The van der Waals surface area contributed by atoms with Crippen molar-refractivity contribution in [2.24, 2.45) is 29.2 Å². The Morgan fingerprint density at radius 2 is 1.96 bits per heavy atom. The van der Waals surface area contributed by atoms with Gasteiger partial charge in [-0.3, -0.25) is 15.0 Å². The van der Waals surface area contributed by atoms with E-state index in [-0.39, 0.29) is 66.6 Å². The Kier molecular flexibility index (Phi) is 11.3. The third-order valence-corrected chi connectivity index (χ3v) is 2.62. The van der Waals surface area contributed by atoms with Crippen LogP contribution in [0.4, 0.5) is 5.82 Å². The first-order valence-corrected chi connectivity index (χ1v) is 6.42. The van der Waals surface area contributed by atoms with E-state index in [1.807, 2.05) is 0 Å². The number of hydrogen-bond donors (Lipinski definition) is 6. The monoisotopic (exact) mass is 424 g/mol. The molecule has 2 amide bonds. The third kappa shape index (κ3) is 8.39. The van der Waals surface area contributed by atoms with Crippen LogP contribution in [0.1, 0.15) is 16.8 Å². The molecule has 10 nitrogen and oxygen atoms in total. The largest absolute Gasteiger partial charge is 0.388 e. The van der Waals surface area contributed by atoms with Crippen LogP contribution >= 0.6 is 29.4 Å². The molecule has 0 aliphatic rings. The molecular weight excluding hydrogens is 404 g/mol. The highest BCUT2D eigenvalue weighted by molar-refractivity contribution is 8.93. The van der Waals surface area contributed by atoms with Crippen molar-refractivity contribution in [3.63, 3.8) is 0 Å². The maximum atomic E-state index is 11.9. The van der Waals surface area contributed by atoms with Gasteiger partial charge < -0.3 is 32.4 Å². The lowest BCUT2D eigenvalue weighted by molar-refractivity contribution is -0.114. The molecule has 1 aromatic heterocycles. The zero-order valence-electron chi connectivity index (χ0n) is 13.0. The van der Waals surface area contributed by atoms with Gasteiger partial charge in [-0.05, 0) is 6.07 Å². The molecule has 0 unspecified atom stereocenters. The van der Waals surface area contributed by atoms with Crippen LogP contribution < -0.4 is 27.8 Å². The number of guanidine groups is 1. The van der Waals surface area contributed by atoms with Crippen molar-refractivity contribution in [1.82, 2.24) is 9.88 Å². The molecule has 0 saturated heterocycles. The summed E-state index contributed by atoms with van der Waals surface area (Å²) < 4.78 is 1.59. The van der Waals surface area contributed by atoms with Gasteiger partial charge in [-0.15, -0.1) is 29.4 Å². The highest BCUT2D eigenvalue weighted by Gasteiger charge is 2.12. The summed E-state index contributed by atoms with van der Waals surface area (Å²) in [4.78, 5) is 27.1. The van der Waals surface area contributed by atoms with Crippen molar-refractivity contribution in [3.8, 4) is 0 Å². The van der Waals surface area contributed by atoms with Gasteiger partial charge in [0, 0.05) is 26.2 Å². The van der Waals surface area contributed by atoms with Crippen LogP contribution in [-0.4, -0.2) is 41.3 Å². The standard InChI is InChI=1S/C12H20N8O2.BrH.ClH/c1-20-6-7(11(22)17-3-2-8(13)14)4-9(20)19-10(21)5-18-12(15)16;;/h4,6H,2-3,5H2,1H3,(H3,13,14)(H,17,22)(H,19,21)(H4,15,16,18);2*1H. The molecule has 12 heteroatoms. The fraction of sp³-hybridized carbons (Fsp3) is 0.333. The number of amides is 2. The molecule has 9 N–H and O–H groups in total. The van der Waals surface area contributed by atoms with Crippen LogP contribution in [0.5, 0.6) is 0 Å². The lowest BCUT2D eigenvalue weighted by atomic mass is 10.3. The Balaban J connectivity index is 0. The Labute approximate surface area is 155 Å². The number of carbonyl (C=O) groups is 2. The van der Waals surface area contributed by atoms with E-state index in [1.54, 1.807) is 17.8 Å². The summed E-state index contributed by atoms with van der Waals surface area (Å²) in [6, 6.07) is 1.52. The van der Waals surface area contributed by atoms with Gasteiger partial charge in [0.15, 0.2) is 5.96 Å². The molecule has 0 aliphatic heterocycles. The molecule has 24 heavy (non-hydrogen) atoms. The molecule has 0 radical (unpaired) electrons. The molecule has 0 aromatic carbocycles. The first-order chi connectivity index (χ1) is 10.3. The molecular formula is C12H22BrClN8O2. The van der Waals surface area contributed by atoms with Gasteiger partial charge >= 0.3 is 0 Å². The maximum Gasteiger partial charge on any atom is 0.252 e. The van der Waals surface area contributed by atoms with E-state index in [0.29, 0.717) is 11.4 Å². The predicted molar refractivity (Wildman–Crippen MR) is 101 cm³/mol. The predicted octanol–water partition coefficient (Wildman–Crippen LogP) is -0.707. The summed E-state index contributed by atoms with van der Waals surface area (Å²) in [5.74, 6) is -0.458. The molecule has 0 saturated carbocycles. The van der Waals surface area contributed by atoms with E-state index in [0.717, 1.165) is 0 Å². The fourth-order valence-electron chi connectivity index (χ4n) is 1.57. The van der Waals surface area contributed by atoms with Crippen molar-refractivity contribution < 1.29 is 9.59 Å². The minimum absolute atomic E-state index is 0. The number of anilines is 1. The van der Waals surface area contributed by atoms with Crippen molar-refractivity contribution in [2.75, 3.05) is 18.4 Å². The number of hydrogen-bond acceptors (Lipinski definition) is 4. The van der Waals surface area contributed by atoms with Crippen LogP contribution in [0.3, 0.4) is 0 Å². The minimum atomic E-state index is -0.405. The summed E-state index contributed by atoms with van der Waals surface area (Å²) in [6.07, 6.45) is 1.85. The van der Waals surface area contributed by atoms with Crippen molar-refractivity contribution >= 4 is 58.8 Å². The van der Waals surface area contributed by atoms with Crippen molar-refractivity contribution in [1.29, 1.82) is 5.41 Å². The Morgan fingerprint density at radius 1 is 1.33 bits per heavy atom. The molecule has 1 aromatic rings. The second-order valence-electron chi connectivity index (χ2n) is 4.55. The van der Waals surface area contributed by atoms with Crippen LogP contribution in [-0.2, 0) is 11.8 Å².